The van der Waals surface area contributed by atoms with Crippen LogP contribution in [0.1, 0.15) is 37.8 Å². The van der Waals surface area contributed by atoms with Gasteiger partial charge in [-0.2, -0.15) is 0 Å². The highest BCUT2D eigenvalue weighted by Crippen LogP contribution is 2.24. The second-order valence-electron chi connectivity index (χ2n) is 4.77. The second kappa shape index (κ2) is 5.82. The Balaban J connectivity index is 2.95. The molecule has 0 aromatic heterocycles. The Bertz CT molecular complexity index is 372. The van der Waals surface area contributed by atoms with Crippen molar-refractivity contribution in [1.82, 2.24) is 5.32 Å². The Morgan fingerprint density at radius 2 is 1.94 bits per heavy atom. The summed E-state index contributed by atoms with van der Waals surface area (Å²) in [4.78, 5) is 11.2. The summed E-state index contributed by atoms with van der Waals surface area (Å²) in [5.41, 5.74) is 7.29. The summed E-state index contributed by atoms with van der Waals surface area (Å²) in [6, 6.07) is 8.23. The van der Waals surface area contributed by atoms with Crippen molar-refractivity contribution >= 4 is 5.91 Å². The predicted octanol–water partition coefficient (Wildman–Crippen LogP) is 2.09. The van der Waals surface area contributed by atoms with Crippen LogP contribution < -0.4 is 11.1 Å². The number of hydrogen-bond donors (Lipinski definition) is 2. The molecule has 0 bridgehead atoms. The van der Waals surface area contributed by atoms with Crippen molar-refractivity contribution in [3.8, 4) is 0 Å². The summed E-state index contributed by atoms with van der Waals surface area (Å²) in [7, 11) is 0. The van der Waals surface area contributed by atoms with Gasteiger partial charge in [-0.1, -0.05) is 36.8 Å². The predicted molar refractivity (Wildman–Crippen MR) is 70.6 cm³/mol. The average Bonchev–Trinajstić information content (AvgIpc) is 2.26. The van der Waals surface area contributed by atoms with E-state index in [1.165, 1.54) is 5.56 Å². The lowest BCUT2D eigenvalue weighted by atomic mass is 9.87. The summed E-state index contributed by atoms with van der Waals surface area (Å²) in [5, 5.41) is 3.41. The van der Waals surface area contributed by atoms with Gasteiger partial charge in [0.25, 0.3) is 0 Å². The molecular formula is C14H22N2O. The van der Waals surface area contributed by atoms with E-state index in [2.05, 4.69) is 43.4 Å². The van der Waals surface area contributed by atoms with Gasteiger partial charge in [0.05, 0.1) is 0 Å². The minimum Gasteiger partial charge on any atom is -0.370 e. The SMILES string of the molecule is CCCNC(C)(CC(N)=O)c1ccc(C)cc1. The molecule has 0 fully saturated rings. The Kier molecular flexibility index (Phi) is 4.70. The average molecular weight is 234 g/mol. The lowest BCUT2D eigenvalue weighted by Gasteiger charge is -2.30. The van der Waals surface area contributed by atoms with Gasteiger partial charge >= 0.3 is 0 Å². The van der Waals surface area contributed by atoms with E-state index in [4.69, 9.17) is 5.73 Å². The lowest BCUT2D eigenvalue weighted by molar-refractivity contribution is -0.119. The number of amides is 1. The first-order chi connectivity index (χ1) is 7.98. The summed E-state index contributed by atoms with van der Waals surface area (Å²) in [6.45, 7) is 7.05. The quantitative estimate of drug-likeness (QED) is 0.792. The van der Waals surface area contributed by atoms with Crippen LogP contribution in [0, 0.1) is 6.92 Å². The van der Waals surface area contributed by atoms with E-state index < -0.39 is 0 Å². The zero-order valence-electron chi connectivity index (χ0n) is 10.9. The number of carbonyl (C=O) groups is 1. The number of nitrogens with one attached hydrogen (secondary N) is 1. The van der Waals surface area contributed by atoms with Crippen molar-refractivity contribution in [1.29, 1.82) is 0 Å². The Morgan fingerprint density at radius 3 is 2.41 bits per heavy atom. The molecule has 1 amide bonds. The second-order valence-corrected chi connectivity index (χ2v) is 4.77. The first-order valence-electron chi connectivity index (χ1n) is 6.08. The van der Waals surface area contributed by atoms with Crippen LogP contribution in [0.3, 0.4) is 0 Å². The number of benzene rings is 1. The van der Waals surface area contributed by atoms with Crippen LogP contribution >= 0.6 is 0 Å². The third-order valence-corrected chi connectivity index (χ3v) is 2.98. The molecule has 17 heavy (non-hydrogen) atoms. The van der Waals surface area contributed by atoms with E-state index in [-0.39, 0.29) is 11.4 Å². The van der Waals surface area contributed by atoms with Crippen LogP contribution in [0.2, 0.25) is 0 Å². The Labute approximate surface area is 103 Å². The first-order valence-corrected chi connectivity index (χ1v) is 6.08. The fourth-order valence-corrected chi connectivity index (χ4v) is 1.94. The first kappa shape index (κ1) is 13.7. The van der Waals surface area contributed by atoms with Crippen LogP contribution in [-0.2, 0) is 10.3 Å². The molecule has 0 aliphatic rings. The van der Waals surface area contributed by atoms with Crippen molar-refractivity contribution in [2.45, 2.75) is 39.2 Å². The van der Waals surface area contributed by atoms with Crippen molar-refractivity contribution in [3.63, 3.8) is 0 Å². The van der Waals surface area contributed by atoms with Crippen LogP contribution in [0.25, 0.3) is 0 Å². The molecule has 1 atom stereocenters. The molecule has 0 radical (unpaired) electrons. The largest absolute Gasteiger partial charge is 0.370 e. The molecule has 1 rings (SSSR count). The van der Waals surface area contributed by atoms with Crippen molar-refractivity contribution in [2.75, 3.05) is 6.54 Å². The van der Waals surface area contributed by atoms with Gasteiger partial charge in [0.2, 0.25) is 5.91 Å². The number of hydrogen-bond acceptors (Lipinski definition) is 2. The van der Waals surface area contributed by atoms with Gasteiger partial charge in [-0.15, -0.1) is 0 Å². The topological polar surface area (TPSA) is 55.1 Å². The maximum absolute atomic E-state index is 11.2. The van der Waals surface area contributed by atoms with E-state index in [0.29, 0.717) is 6.42 Å². The summed E-state index contributed by atoms with van der Waals surface area (Å²) < 4.78 is 0. The molecular weight excluding hydrogens is 212 g/mol. The van der Waals surface area contributed by atoms with Gasteiger partial charge < -0.3 is 11.1 Å². The number of nitrogens with two attached hydrogens (primary N) is 1. The van der Waals surface area contributed by atoms with Gasteiger partial charge in [-0.05, 0) is 32.4 Å². The number of aryl methyl sites for hydroxylation is 1. The molecule has 0 spiro atoms. The molecule has 1 unspecified atom stereocenters. The number of primary amides is 1. The molecule has 0 heterocycles. The molecule has 94 valence electrons. The Morgan fingerprint density at radius 1 is 1.35 bits per heavy atom. The number of carbonyl (C=O) groups excluding carboxylic acids is 1. The van der Waals surface area contributed by atoms with Crippen LogP contribution in [0.5, 0.6) is 0 Å². The molecule has 1 aromatic rings. The standard InChI is InChI=1S/C14H22N2O/c1-4-9-16-14(3,10-13(15)17)12-7-5-11(2)6-8-12/h5-8,16H,4,9-10H2,1-3H3,(H2,15,17). The van der Waals surface area contributed by atoms with Gasteiger partial charge in [0, 0.05) is 12.0 Å². The van der Waals surface area contributed by atoms with Crippen LogP contribution in [-0.4, -0.2) is 12.5 Å². The van der Waals surface area contributed by atoms with Crippen molar-refractivity contribution < 1.29 is 4.79 Å². The highest BCUT2D eigenvalue weighted by atomic mass is 16.1. The van der Waals surface area contributed by atoms with E-state index in [1.807, 2.05) is 6.92 Å². The van der Waals surface area contributed by atoms with Gasteiger partial charge in [-0.25, -0.2) is 0 Å². The molecule has 3 nitrogen and oxygen atoms in total. The monoisotopic (exact) mass is 234 g/mol. The highest BCUT2D eigenvalue weighted by molar-refractivity contribution is 5.75. The molecule has 1 aromatic carbocycles. The minimum atomic E-state index is -0.366. The van der Waals surface area contributed by atoms with Gasteiger partial charge in [-0.3, -0.25) is 4.79 Å². The summed E-state index contributed by atoms with van der Waals surface area (Å²) >= 11 is 0. The van der Waals surface area contributed by atoms with Gasteiger partial charge in [0.1, 0.15) is 0 Å². The molecule has 3 heteroatoms. The zero-order valence-corrected chi connectivity index (χ0v) is 10.9. The van der Waals surface area contributed by atoms with Gasteiger partial charge in [0.15, 0.2) is 0 Å². The molecule has 0 saturated carbocycles. The maximum Gasteiger partial charge on any atom is 0.219 e. The van der Waals surface area contributed by atoms with Crippen LogP contribution in [0.15, 0.2) is 24.3 Å². The van der Waals surface area contributed by atoms with Crippen molar-refractivity contribution in [3.05, 3.63) is 35.4 Å². The smallest absolute Gasteiger partial charge is 0.219 e. The van der Waals surface area contributed by atoms with E-state index in [0.717, 1.165) is 18.5 Å². The van der Waals surface area contributed by atoms with E-state index in [1.54, 1.807) is 0 Å². The Hall–Kier alpha value is -1.35. The number of rotatable bonds is 6. The molecule has 0 aliphatic heterocycles. The third-order valence-electron chi connectivity index (χ3n) is 2.98. The van der Waals surface area contributed by atoms with Crippen molar-refractivity contribution in [2.24, 2.45) is 5.73 Å². The third kappa shape index (κ3) is 3.86. The molecule has 0 saturated heterocycles. The fourth-order valence-electron chi connectivity index (χ4n) is 1.94. The normalized spacial score (nSPS) is 14.3. The van der Waals surface area contributed by atoms with Crippen LogP contribution in [0.4, 0.5) is 0 Å². The fraction of sp³-hybridized carbons (Fsp3) is 0.500. The van der Waals surface area contributed by atoms with E-state index in [9.17, 15) is 4.79 Å². The lowest BCUT2D eigenvalue weighted by Crippen LogP contribution is -2.43. The van der Waals surface area contributed by atoms with E-state index >= 15 is 0 Å². The summed E-state index contributed by atoms with van der Waals surface area (Å²) in [6.07, 6.45) is 1.34. The summed E-state index contributed by atoms with van der Waals surface area (Å²) in [5.74, 6) is -0.281. The maximum atomic E-state index is 11.2. The minimum absolute atomic E-state index is 0.281. The molecule has 0 aliphatic carbocycles. The zero-order chi connectivity index (χ0) is 12.9. The highest BCUT2D eigenvalue weighted by Gasteiger charge is 2.27. The molecule has 3 N–H and O–H groups in total.